The topological polar surface area (TPSA) is 98.0 Å². The van der Waals surface area contributed by atoms with Gasteiger partial charge in [-0.25, -0.2) is 8.42 Å². The van der Waals surface area contributed by atoms with E-state index >= 15 is 0 Å². The molecule has 0 unspecified atom stereocenters. The largest absolute Gasteiger partial charge is 0.398 e. The number of nitrogens with one attached hydrogen (secondary N) is 1. The standard InChI is InChI=1S/C12H14N4O2S/c1-8-5-6-10(13)12(9(8)2)19(17,18)16-11-4-3-7-14-15-11/h3-7H,13H2,1-2H3,(H,15,16). The SMILES string of the molecule is Cc1ccc(N)c(S(=O)(=O)Nc2cccnn2)c1C. The van der Waals surface area contributed by atoms with Crippen molar-refractivity contribution in [3.63, 3.8) is 0 Å². The fraction of sp³-hybridized carbons (Fsp3) is 0.167. The highest BCUT2D eigenvalue weighted by Gasteiger charge is 2.21. The predicted octanol–water partition coefficient (Wildman–Crippen LogP) is 1.48. The average molecular weight is 278 g/mol. The molecule has 0 bridgehead atoms. The highest BCUT2D eigenvalue weighted by molar-refractivity contribution is 7.93. The number of sulfonamides is 1. The molecule has 0 spiro atoms. The summed E-state index contributed by atoms with van der Waals surface area (Å²) in [6.07, 6.45) is 1.46. The van der Waals surface area contributed by atoms with Crippen LogP contribution in [0.1, 0.15) is 11.1 Å². The van der Waals surface area contributed by atoms with Crippen LogP contribution in [0, 0.1) is 13.8 Å². The summed E-state index contributed by atoms with van der Waals surface area (Å²) in [7, 11) is -3.77. The van der Waals surface area contributed by atoms with Gasteiger partial charge in [0.25, 0.3) is 10.0 Å². The molecule has 6 nitrogen and oxygen atoms in total. The number of benzene rings is 1. The molecule has 0 aliphatic carbocycles. The first-order valence-electron chi connectivity index (χ1n) is 5.58. The average Bonchev–Trinajstić information content (AvgIpc) is 2.35. The van der Waals surface area contributed by atoms with E-state index in [1.807, 2.05) is 6.92 Å². The molecule has 1 heterocycles. The van der Waals surface area contributed by atoms with Gasteiger partial charge in [-0.15, -0.1) is 5.10 Å². The van der Waals surface area contributed by atoms with Gasteiger partial charge >= 0.3 is 0 Å². The molecule has 1 aromatic heterocycles. The van der Waals surface area contributed by atoms with Gasteiger partial charge in [0.05, 0.1) is 5.69 Å². The van der Waals surface area contributed by atoms with E-state index in [9.17, 15) is 8.42 Å². The maximum absolute atomic E-state index is 12.3. The lowest BCUT2D eigenvalue weighted by Gasteiger charge is -2.13. The summed E-state index contributed by atoms with van der Waals surface area (Å²) < 4.78 is 27.0. The number of hydrogen-bond donors (Lipinski definition) is 2. The molecule has 0 atom stereocenters. The monoisotopic (exact) mass is 278 g/mol. The minimum Gasteiger partial charge on any atom is -0.398 e. The normalized spacial score (nSPS) is 11.3. The molecule has 0 amide bonds. The zero-order valence-corrected chi connectivity index (χ0v) is 11.4. The number of nitrogen functional groups attached to an aromatic ring is 1. The van der Waals surface area contributed by atoms with Gasteiger partial charge in [-0.2, -0.15) is 5.10 Å². The van der Waals surface area contributed by atoms with Crippen molar-refractivity contribution in [1.29, 1.82) is 0 Å². The number of nitrogens with zero attached hydrogens (tertiary/aromatic N) is 2. The molecule has 2 rings (SSSR count). The lowest BCUT2D eigenvalue weighted by atomic mass is 10.1. The highest BCUT2D eigenvalue weighted by Crippen LogP contribution is 2.26. The van der Waals surface area contributed by atoms with Gasteiger partial charge in [0.15, 0.2) is 5.82 Å². The van der Waals surface area contributed by atoms with Crippen LogP contribution in [0.25, 0.3) is 0 Å². The van der Waals surface area contributed by atoms with Crippen LogP contribution in [0.4, 0.5) is 11.5 Å². The summed E-state index contributed by atoms with van der Waals surface area (Å²) in [5, 5.41) is 7.31. The van der Waals surface area contributed by atoms with Crippen LogP contribution in [-0.2, 0) is 10.0 Å². The Hall–Kier alpha value is -2.15. The van der Waals surface area contributed by atoms with Gasteiger partial charge in [0, 0.05) is 6.20 Å². The van der Waals surface area contributed by atoms with E-state index in [1.165, 1.54) is 12.3 Å². The molecule has 3 N–H and O–H groups in total. The second-order valence-corrected chi connectivity index (χ2v) is 5.76. The molecule has 2 aromatic rings. The third-order valence-corrected chi connectivity index (χ3v) is 4.34. The summed E-state index contributed by atoms with van der Waals surface area (Å²) >= 11 is 0. The Morgan fingerprint density at radius 1 is 1.21 bits per heavy atom. The van der Waals surface area contributed by atoms with Crippen molar-refractivity contribution < 1.29 is 8.42 Å². The van der Waals surface area contributed by atoms with Gasteiger partial charge in [-0.3, -0.25) is 4.72 Å². The number of anilines is 2. The van der Waals surface area contributed by atoms with Crippen molar-refractivity contribution in [2.75, 3.05) is 10.5 Å². The Balaban J connectivity index is 2.49. The van der Waals surface area contributed by atoms with Gasteiger partial charge in [-0.05, 0) is 43.2 Å². The van der Waals surface area contributed by atoms with Crippen LogP contribution in [0.2, 0.25) is 0 Å². The lowest BCUT2D eigenvalue weighted by Crippen LogP contribution is -2.17. The highest BCUT2D eigenvalue weighted by atomic mass is 32.2. The molecule has 0 fully saturated rings. The maximum atomic E-state index is 12.3. The quantitative estimate of drug-likeness (QED) is 0.829. The molecule has 0 saturated carbocycles. The van der Waals surface area contributed by atoms with Crippen LogP contribution >= 0.6 is 0 Å². The summed E-state index contributed by atoms with van der Waals surface area (Å²) in [6, 6.07) is 6.47. The maximum Gasteiger partial charge on any atom is 0.265 e. The lowest BCUT2D eigenvalue weighted by molar-refractivity contribution is 0.600. The smallest absolute Gasteiger partial charge is 0.265 e. The number of rotatable bonds is 3. The fourth-order valence-corrected chi connectivity index (χ4v) is 3.14. The van der Waals surface area contributed by atoms with Crippen molar-refractivity contribution >= 4 is 21.5 Å². The van der Waals surface area contributed by atoms with Crippen LogP contribution < -0.4 is 10.5 Å². The van der Waals surface area contributed by atoms with E-state index in [0.717, 1.165) is 5.56 Å². The third kappa shape index (κ3) is 2.65. The zero-order chi connectivity index (χ0) is 14.0. The van der Waals surface area contributed by atoms with E-state index < -0.39 is 10.0 Å². The van der Waals surface area contributed by atoms with Gasteiger partial charge in [0.2, 0.25) is 0 Å². The Bertz CT molecular complexity index is 699. The fourth-order valence-electron chi connectivity index (χ4n) is 1.71. The molecule has 0 radical (unpaired) electrons. The van der Waals surface area contributed by atoms with E-state index in [4.69, 9.17) is 5.73 Å². The minimum atomic E-state index is -3.77. The first kappa shape index (κ1) is 13.3. The van der Waals surface area contributed by atoms with Crippen molar-refractivity contribution in [1.82, 2.24) is 10.2 Å². The second kappa shape index (κ2) is 4.85. The summed E-state index contributed by atoms with van der Waals surface area (Å²) in [6.45, 7) is 3.55. The number of aryl methyl sites for hydroxylation is 1. The molecule has 7 heteroatoms. The Labute approximate surface area is 111 Å². The summed E-state index contributed by atoms with van der Waals surface area (Å²) in [4.78, 5) is 0.0816. The van der Waals surface area contributed by atoms with Gasteiger partial charge < -0.3 is 5.73 Å². The molecule has 1 aromatic carbocycles. The molecule has 19 heavy (non-hydrogen) atoms. The van der Waals surface area contributed by atoms with Gasteiger partial charge in [0.1, 0.15) is 4.90 Å². The van der Waals surface area contributed by atoms with Crippen molar-refractivity contribution in [2.45, 2.75) is 18.7 Å². The Morgan fingerprint density at radius 2 is 1.95 bits per heavy atom. The molecular formula is C12H14N4O2S. The number of hydrogen-bond acceptors (Lipinski definition) is 5. The molecule has 0 saturated heterocycles. The zero-order valence-electron chi connectivity index (χ0n) is 10.6. The van der Waals surface area contributed by atoms with E-state index in [0.29, 0.717) is 5.56 Å². The number of aromatic nitrogens is 2. The third-order valence-electron chi connectivity index (χ3n) is 2.79. The first-order valence-corrected chi connectivity index (χ1v) is 7.06. The predicted molar refractivity (Wildman–Crippen MR) is 73.2 cm³/mol. The minimum absolute atomic E-state index is 0.0816. The first-order chi connectivity index (χ1) is 8.92. The second-order valence-electron chi connectivity index (χ2n) is 4.14. The van der Waals surface area contributed by atoms with Crippen molar-refractivity contribution in [3.05, 3.63) is 41.6 Å². The molecule has 100 valence electrons. The Morgan fingerprint density at radius 3 is 2.58 bits per heavy atom. The molecule has 0 aliphatic heterocycles. The van der Waals surface area contributed by atoms with Crippen molar-refractivity contribution in [3.8, 4) is 0 Å². The summed E-state index contributed by atoms with van der Waals surface area (Å²) in [5.41, 5.74) is 7.46. The number of nitrogens with two attached hydrogens (primary N) is 1. The van der Waals surface area contributed by atoms with E-state index in [2.05, 4.69) is 14.9 Å². The van der Waals surface area contributed by atoms with Crippen LogP contribution in [0.15, 0.2) is 35.4 Å². The van der Waals surface area contributed by atoms with E-state index in [-0.39, 0.29) is 16.4 Å². The summed E-state index contributed by atoms with van der Waals surface area (Å²) in [5.74, 6) is 0.155. The van der Waals surface area contributed by atoms with Gasteiger partial charge in [-0.1, -0.05) is 6.07 Å². The van der Waals surface area contributed by atoms with Crippen LogP contribution in [0.3, 0.4) is 0 Å². The molecule has 0 aliphatic rings. The van der Waals surface area contributed by atoms with Crippen LogP contribution in [-0.4, -0.2) is 18.6 Å². The van der Waals surface area contributed by atoms with Crippen LogP contribution in [0.5, 0.6) is 0 Å². The van der Waals surface area contributed by atoms with E-state index in [1.54, 1.807) is 25.1 Å². The Kier molecular flexibility index (Phi) is 3.39. The van der Waals surface area contributed by atoms with Crippen molar-refractivity contribution in [2.24, 2.45) is 0 Å². The molecular weight excluding hydrogens is 264 g/mol.